The molecule has 5 heteroatoms. The summed E-state index contributed by atoms with van der Waals surface area (Å²) in [6.45, 7) is 0.620. The van der Waals surface area contributed by atoms with E-state index in [1.165, 1.54) is 12.3 Å². The molecule has 1 aromatic carbocycles. The average Bonchev–Trinajstić information content (AvgIpc) is 2.39. The lowest BCUT2D eigenvalue weighted by Gasteiger charge is -2.06. The van der Waals surface area contributed by atoms with Gasteiger partial charge < -0.3 is 15.5 Å². The molecule has 0 aliphatic heterocycles. The van der Waals surface area contributed by atoms with Gasteiger partial charge in [-0.2, -0.15) is 0 Å². The average molecular weight is 265 g/mol. The molecule has 0 unspecified atom stereocenters. The summed E-state index contributed by atoms with van der Waals surface area (Å²) in [5, 5.41) is 0.670. The quantitative estimate of drug-likeness (QED) is 0.888. The Morgan fingerprint density at radius 3 is 2.61 bits per heavy atom. The van der Waals surface area contributed by atoms with E-state index in [9.17, 15) is 4.79 Å². The zero-order valence-electron chi connectivity index (χ0n) is 9.65. The molecule has 4 nitrogen and oxygen atoms in total. The summed E-state index contributed by atoms with van der Waals surface area (Å²) in [4.78, 5) is 14.6. The molecule has 2 aromatic rings. The van der Waals surface area contributed by atoms with Gasteiger partial charge in [-0.25, -0.2) is 0 Å². The molecule has 18 heavy (non-hydrogen) atoms. The lowest BCUT2D eigenvalue weighted by atomic mass is 10.2. The Balaban J connectivity index is 2.06. The smallest absolute Gasteiger partial charge is 0.223 e. The van der Waals surface area contributed by atoms with Crippen LogP contribution >= 0.6 is 11.6 Å². The maximum Gasteiger partial charge on any atom is 0.223 e. The molecule has 0 atom stereocenters. The predicted octanol–water partition coefficient (Wildman–Crippen LogP) is 2.07. The highest BCUT2D eigenvalue weighted by Crippen LogP contribution is 2.11. The van der Waals surface area contributed by atoms with Crippen LogP contribution in [0.25, 0.3) is 0 Å². The van der Waals surface area contributed by atoms with Crippen LogP contribution < -0.4 is 15.9 Å². The fourth-order valence-electron chi connectivity index (χ4n) is 1.47. The van der Waals surface area contributed by atoms with Gasteiger partial charge in [0.05, 0.1) is 0 Å². The third kappa shape index (κ3) is 3.12. The fraction of sp³-hybridized carbons (Fsp3) is 0.154. The zero-order valence-corrected chi connectivity index (χ0v) is 10.4. The first-order valence-corrected chi connectivity index (χ1v) is 5.86. The van der Waals surface area contributed by atoms with Crippen LogP contribution in [-0.4, -0.2) is 4.98 Å². The van der Waals surface area contributed by atoms with Crippen molar-refractivity contribution < 1.29 is 4.74 Å². The van der Waals surface area contributed by atoms with Crippen LogP contribution in [0.2, 0.25) is 5.02 Å². The molecule has 0 saturated carbocycles. The minimum Gasteiger partial charge on any atom is -0.483 e. The summed E-state index contributed by atoms with van der Waals surface area (Å²) in [5.41, 5.74) is 6.87. The van der Waals surface area contributed by atoms with Gasteiger partial charge in [-0.05, 0) is 17.7 Å². The lowest BCUT2D eigenvalue weighted by molar-refractivity contribution is 0.302. The Morgan fingerprint density at radius 2 is 2.00 bits per heavy atom. The van der Waals surface area contributed by atoms with Crippen LogP contribution in [0.5, 0.6) is 5.75 Å². The molecule has 1 heterocycles. The van der Waals surface area contributed by atoms with Gasteiger partial charge in [-0.3, -0.25) is 4.79 Å². The maximum absolute atomic E-state index is 11.7. The summed E-state index contributed by atoms with van der Waals surface area (Å²) in [7, 11) is 0. The highest BCUT2D eigenvalue weighted by atomic mass is 35.5. The first-order valence-electron chi connectivity index (χ1n) is 5.48. The van der Waals surface area contributed by atoms with E-state index in [-0.39, 0.29) is 11.2 Å². The first kappa shape index (κ1) is 12.7. The van der Waals surface area contributed by atoms with E-state index in [0.29, 0.717) is 23.9 Å². The number of H-pyrrole nitrogens is 1. The maximum atomic E-state index is 11.7. The van der Waals surface area contributed by atoms with E-state index in [4.69, 9.17) is 22.1 Å². The largest absolute Gasteiger partial charge is 0.483 e. The van der Waals surface area contributed by atoms with Gasteiger partial charge in [0.15, 0.2) is 5.75 Å². The minimum absolute atomic E-state index is 0.178. The molecule has 0 aliphatic carbocycles. The van der Waals surface area contributed by atoms with Crippen molar-refractivity contribution in [3.63, 3.8) is 0 Å². The van der Waals surface area contributed by atoms with Gasteiger partial charge in [0, 0.05) is 29.5 Å². The van der Waals surface area contributed by atoms with E-state index in [2.05, 4.69) is 4.98 Å². The van der Waals surface area contributed by atoms with E-state index < -0.39 is 0 Å². The third-order valence-electron chi connectivity index (χ3n) is 2.46. The van der Waals surface area contributed by atoms with Crippen molar-refractivity contribution in [2.45, 2.75) is 13.2 Å². The number of aromatic amines is 1. The number of ether oxygens (including phenoxy) is 1. The van der Waals surface area contributed by atoms with Gasteiger partial charge in [-0.15, -0.1) is 0 Å². The van der Waals surface area contributed by atoms with Crippen molar-refractivity contribution >= 4 is 11.6 Å². The van der Waals surface area contributed by atoms with Crippen LogP contribution in [0.3, 0.4) is 0 Å². The molecule has 1 aromatic heterocycles. The second-order valence-corrected chi connectivity index (χ2v) is 4.24. The molecular weight excluding hydrogens is 252 g/mol. The molecule has 0 amide bonds. The topological polar surface area (TPSA) is 68.1 Å². The second-order valence-electron chi connectivity index (χ2n) is 3.81. The monoisotopic (exact) mass is 264 g/mol. The normalized spacial score (nSPS) is 10.3. The summed E-state index contributed by atoms with van der Waals surface area (Å²) in [5.74, 6) is 0.280. The molecule has 0 saturated heterocycles. The highest BCUT2D eigenvalue weighted by molar-refractivity contribution is 6.30. The number of hydrogen-bond donors (Lipinski definition) is 2. The van der Waals surface area contributed by atoms with Crippen LogP contribution in [0.15, 0.2) is 41.3 Å². The summed E-state index contributed by atoms with van der Waals surface area (Å²) < 4.78 is 5.43. The standard InChI is InChI=1S/C13H13ClN2O2/c14-10-3-1-9(2-4-10)8-18-13-7-16-11(6-15)5-12(13)17/h1-5,7H,6,8,15H2,(H,16,17). The van der Waals surface area contributed by atoms with E-state index in [1.807, 2.05) is 12.1 Å². The van der Waals surface area contributed by atoms with Crippen molar-refractivity contribution in [3.8, 4) is 5.75 Å². The molecule has 2 rings (SSSR count). The highest BCUT2D eigenvalue weighted by Gasteiger charge is 2.02. The fourth-order valence-corrected chi connectivity index (χ4v) is 1.60. The van der Waals surface area contributed by atoms with E-state index in [1.54, 1.807) is 12.1 Å². The Morgan fingerprint density at radius 1 is 1.28 bits per heavy atom. The number of benzene rings is 1. The van der Waals surface area contributed by atoms with Gasteiger partial charge in [0.25, 0.3) is 0 Å². The number of hydrogen-bond acceptors (Lipinski definition) is 3. The van der Waals surface area contributed by atoms with Crippen molar-refractivity contribution in [1.29, 1.82) is 0 Å². The van der Waals surface area contributed by atoms with Crippen LogP contribution in [0, 0.1) is 0 Å². The molecule has 0 spiro atoms. The summed E-state index contributed by atoms with van der Waals surface area (Å²) in [6, 6.07) is 8.71. The molecule has 0 radical (unpaired) electrons. The van der Waals surface area contributed by atoms with Gasteiger partial charge >= 0.3 is 0 Å². The van der Waals surface area contributed by atoms with Crippen LogP contribution in [0.1, 0.15) is 11.3 Å². The van der Waals surface area contributed by atoms with Crippen molar-refractivity contribution in [3.05, 3.63) is 63.0 Å². The number of halogens is 1. The van der Waals surface area contributed by atoms with Crippen LogP contribution in [0.4, 0.5) is 0 Å². The van der Waals surface area contributed by atoms with Crippen LogP contribution in [-0.2, 0) is 13.2 Å². The number of nitrogens with two attached hydrogens (primary N) is 1. The SMILES string of the molecule is NCc1cc(=O)c(OCc2ccc(Cl)cc2)c[nH]1. The Kier molecular flexibility index (Phi) is 4.02. The molecule has 0 bridgehead atoms. The van der Waals surface area contributed by atoms with E-state index >= 15 is 0 Å². The number of pyridine rings is 1. The van der Waals surface area contributed by atoms with Gasteiger partial charge in [-0.1, -0.05) is 23.7 Å². The van der Waals surface area contributed by atoms with Crippen molar-refractivity contribution in [2.24, 2.45) is 5.73 Å². The molecular formula is C13H13ClN2O2. The Hall–Kier alpha value is -1.78. The summed E-state index contributed by atoms with van der Waals surface area (Å²) >= 11 is 5.78. The predicted molar refractivity (Wildman–Crippen MR) is 70.7 cm³/mol. The number of rotatable bonds is 4. The zero-order chi connectivity index (χ0) is 13.0. The lowest BCUT2D eigenvalue weighted by Crippen LogP contribution is -2.11. The van der Waals surface area contributed by atoms with Gasteiger partial charge in [0.1, 0.15) is 6.61 Å². The molecule has 0 aliphatic rings. The Bertz CT molecular complexity index is 578. The molecule has 0 fully saturated rings. The number of aromatic nitrogens is 1. The number of nitrogens with one attached hydrogen (secondary N) is 1. The van der Waals surface area contributed by atoms with Crippen molar-refractivity contribution in [2.75, 3.05) is 0 Å². The van der Waals surface area contributed by atoms with Gasteiger partial charge in [0.2, 0.25) is 5.43 Å². The molecule has 3 N–H and O–H groups in total. The van der Waals surface area contributed by atoms with Crippen molar-refractivity contribution in [1.82, 2.24) is 4.98 Å². The molecule has 94 valence electrons. The Labute approximate surface area is 109 Å². The third-order valence-corrected chi connectivity index (χ3v) is 2.72. The summed E-state index contributed by atoms with van der Waals surface area (Å²) in [6.07, 6.45) is 1.53. The minimum atomic E-state index is -0.178. The van der Waals surface area contributed by atoms with E-state index in [0.717, 1.165) is 5.56 Å². The second kappa shape index (κ2) is 5.71. The first-order chi connectivity index (χ1) is 8.69.